The zero-order valence-corrected chi connectivity index (χ0v) is 14.9. The third-order valence-corrected chi connectivity index (χ3v) is 4.18. The summed E-state index contributed by atoms with van der Waals surface area (Å²) in [6.45, 7) is 1.68. The van der Waals surface area contributed by atoms with Gasteiger partial charge in [0.25, 0.3) is 0 Å². The third kappa shape index (κ3) is 4.95. The molecule has 0 fully saturated rings. The first-order valence-electron chi connectivity index (χ1n) is 8.66. The highest BCUT2D eigenvalue weighted by Gasteiger charge is 2.07. The average Bonchev–Trinajstić information content (AvgIpc) is 2.73. The van der Waals surface area contributed by atoms with Crippen LogP contribution in [0, 0.1) is 22.7 Å². The van der Waals surface area contributed by atoms with E-state index in [1.807, 2.05) is 54.6 Å². The van der Waals surface area contributed by atoms with Gasteiger partial charge >= 0.3 is 0 Å². The van der Waals surface area contributed by atoms with Crippen molar-refractivity contribution in [2.75, 3.05) is 5.32 Å². The normalized spacial score (nSPS) is 10.0. The number of nitrogens with one attached hydrogen (secondary N) is 1. The van der Waals surface area contributed by atoms with Crippen molar-refractivity contribution in [1.82, 2.24) is 0 Å². The number of ether oxygens (including phenoxy) is 1. The van der Waals surface area contributed by atoms with Gasteiger partial charge in [0, 0.05) is 6.54 Å². The van der Waals surface area contributed by atoms with Gasteiger partial charge in [0.05, 0.1) is 30.0 Å². The summed E-state index contributed by atoms with van der Waals surface area (Å²) in [5, 5.41) is 21.7. The van der Waals surface area contributed by atoms with Gasteiger partial charge in [-0.15, -0.1) is 0 Å². The fraction of sp³-hybridized carbons (Fsp3) is 0.130. The van der Waals surface area contributed by atoms with Crippen molar-refractivity contribution in [3.63, 3.8) is 0 Å². The summed E-state index contributed by atoms with van der Waals surface area (Å²) in [6.07, 6.45) is 0. The van der Waals surface area contributed by atoms with Crippen LogP contribution < -0.4 is 5.32 Å². The van der Waals surface area contributed by atoms with E-state index in [1.165, 1.54) is 0 Å². The molecule has 0 amide bonds. The van der Waals surface area contributed by atoms with Crippen molar-refractivity contribution >= 4 is 5.69 Å². The Kier molecular flexibility index (Phi) is 6.20. The first-order chi connectivity index (χ1) is 13.3. The molecule has 0 saturated heterocycles. The van der Waals surface area contributed by atoms with Gasteiger partial charge in [0.2, 0.25) is 0 Å². The molecule has 0 aliphatic carbocycles. The molecular weight excluding hydrogens is 334 g/mol. The standard InChI is InChI=1S/C23H19N3O/c24-13-21-7-4-8-22(14-25)23(21)26-15-18-9-11-20(12-10-18)17-27-16-19-5-2-1-3-6-19/h1-12,26H,15-17H2. The molecule has 0 atom stereocenters. The molecule has 3 aromatic rings. The van der Waals surface area contributed by atoms with Crippen LogP contribution in [-0.2, 0) is 24.5 Å². The van der Waals surface area contributed by atoms with Crippen LogP contribution in [0.2, 0.25) is 0 Å². The predicted molar refractivity (Wildman–Crippen MR) is 105 cm³/mol. The van der Waals surface area contributed by atoms with Crippen LogP contribution in [-0.4, -0.2) is 0 Å². The van der Waals surface area contributed by atoms with E-state index in [-0.39, 0.29) is 0 Å². The zero-order valence-electron chi connectivity index (χ0n) is 14.9. The fourth-order valence-corrected chi connectivity index (χ4v) is 2.73. The van der Waals surface area contributed by atoms with Crippen molar-refractivity contribution in [3.8, 4) is 12.1 Å². The highest BCUT2D eigenvalue weighted by molar-refractivity contribution is 5.66. The molecule has 4 nitrogen and oxygen atoms in total. The summed E-state index contributed by atoms with van der Waals surface area (Å²) in [4.78, 5) is 0. The van der Waals surface area contributed by atoms with Crippen LogP contribution >= 0.6 is 0 Å². The Morgan fingerprint density at radius 3 is 1.81 bits per heavy atom. The van der Waals surface area contributed by atoms with E-state index in [1.54, 1.807) is 18.2 Å². The second-order valence-electron chi connectivity index (χ2n) is 6.10. The monoisotopic (exact) mass is 353 g/mol. The lowest BCUT2D eigenvalue weighted by atomic mass is 10.1. The minimum Gasteiger partial charge on any atom is -0.379 e. The number of hydrogen-bond donors (Lipinski definition) is 1. The molecule has 0 spiro atoms. The van der Waals surface area contributed by atoms with Gasteiger partial charge in [-0.3, -0.25) is 0 Å². The fourth-order valence-electron chi connectivity index (χ4n) is 2.73. The smallest absolute Gasteiger partial charge is 0.101 e. The van der Waals surface area contributed by atoms with Gasteiger partial charge in [-0.1, -0.05) is 60.7 Å². The van der Waals surface area contributed by atoms with Gasteiger partial charge in [-0.05, 0) is 28.8 Å². The van der Waals surface area contributed by atoms with Gasteiger partial charge < -0.3 is 10.1 Å². The topological polar surface area (TPSA) is 68.8 Å². The first kappa shape index (κ1) is 18.2. The molecule has 132 valence electrons. The zero-order chi connectivity index (χ0) is 18.9. The minimum absolute atomic E-state index is 0.472. The van der Waals surface area contributed by atoms with E-state index in [0.717, 1.165) is 16.7 Å². The van der Waals surface area contributed by atoms with E-state index in [9.17, 15) is 10.5 Å². The largest absolute Gasteiger partial charge is 0.379 e. The van der Waals surface area contributed by atoms with Gasteiger partial charge in [-0.2, -0.15) is 10.5 Å². The number of anilines is 1. The summed E-state index contributed by atoms with van der Waals surface area (Å²) in [6, 6.07) is 27.6. The van der Waals surface area contributed by atoms with Crippen molar-refractivity contribution in [1.29, 1.82) is 10.5 Å². The van der Waals surface area contributed by atoms with E-state index in [2.05, 4.69) is 17.5 Å². The second-order valence-corrected chi connectivity index (χ2v) is 6.10. The summed E-state index contributed by atoms with van der Waals surface area (Å²) in [7, 11) is 0. The molecule has 0 bridgehead atoms. The molecule has 0 aromatic heterocycles. The van der Waals surface area contributed by atoms with E-state index in [0.29, 0.717) is 36.6 Å². The van der Waals surface area contributed by atoms with Crippen molar-refractivity contribution in [2.45, 2.75) is 19.8 Å². The highest BCUT2D eigenvalue weighted by atomic mass is 16.5. The second kappa shape index (κ2) is 9.20. The number of nitriles is 2. The number of benzene rings is 3. The Balaban J connectivity index is 1.56. The van der Waals surface area contributed by atoms with Crippen LogP contribution in [0.15, 0.2) is 72.8 Å². The number of hydrogen-bond acceptors (Lipinski definition) is 4. The van der Waals surface area contributed by atoms with Crippen LogP contribution in [0.5, 0.6) is 0 Å². The van der Waals surface area contributed by atoms with E-state index >= 15 is 0 Å². The first-order valence-corrected chi connectivity index (χ1v) is 8.66. The van der Waals surface area contributed by atoms with Crippen molar-refractivity contribution in [3.05, 3.63) is 101 Å². The maximum Gasteiger partial charge on any atom is 0.101 e. The molecule has 0 radical (unpaired) electrons. The maximum absolute atomic E-state index is 9.22. The lowest BCUT2D eigenvalue weighted by Crippen LogP contribution is -2.03. The maximum atomic E-state index is 9.22. The lowest BCUT2D eigenvalue weighted by Gasteiger charge is -2.11. The number of nitrogens with zero attached hydrogens (tertiary/aromatic N) is 2. The summed E-state index contributed by atoms with van der Waals surface area (Å²) >= 11 is 0. The molecule has 3 aromatic carbocycles. The Morgan fingerprint density at radius 2 is 1.22 bits per heavy atom. The van der Waals surface area contributed by atoms with Gasteiger partial charge in [0.1, 0.15) is 12.1 Å². The lowest BCUT2D eigenvalue weighted by molar-refractivity contribution is 0.107. The molecule has 3 rings (SSSR count). The average molecular weight is 353 g/mol. The predicted octanol–water partition coefficient (Wildman–Crippen LogP) is 4.76. The Morgan fingerprint density at radius 1 is 0.667 bits per heavy atom. The van der Waals surface area contributed by atoms with E-state index in [4.69, 9.17) is 4.74 Å². The van der Waals surface area contributed by atoms with Crippen LogP contribution in [0.1, 0.15) is 27.8 Å². The summed E-state index contributed by atoms with van der Waals surface area (Å²) in [5.74, 6) is 0. The van der Waals surface area contributed by atoms with E-state index < -0.39 is 0 Å². The van der Waals surface area contributed by atoms with Crippen LogP contribution in [0.4, 0.5) is 5.69 Å². The Bertz CT molecular complexity index is 935. The van der Waals surface area contributed by atoms with Crippen molar-refractivity contribution < 1.29 is 4.74 Å². The number of rotatable bonds is 7. The summed E-state index contributed by atoms with van der Waals surface area (Å²) < 4.78 is 5.75. The molecular formula is C23H19N3O. The van der Waals surface area contributed by atoms with Crippen LogP contribution in [0.25, 0.3) is 0 Å². The highest BCUT2D eigenvalue weighted by Crippen LogP contribution is 2.21. The molecule has 0 heterocycles. The summed E-state index contributed by atoms with van der Waals surface area (Å²) in [5.41, 5.74) is 4.85. The molecule has 0 aliphatic rings. The Labute approximate surface area is 159 Å². The van der Waals surface area contributed by atoms with Gasteiger partial charge in [0.15, 0.2) is 0 Å². The number of para-hydroxylation sites is 1. The van der Waals surface area contributed by atoms with Crippen LogP contribution in [0.3, 0.4) is 0 Å². The molecule has 27 heavy (non-hydrogen) atoms. The quantitative estimate of drug-likeness (QED) is 0.665. The van der Waals surface area contributed by atoms with Crippen molar-refractivity contribution in [2.24, 2.45) is 0 Å². The minimum atomic E-state index is 0.472. The SMILES string of the molecule is N#Cc1cccc(C#N)c1NCc1ccc(COCc2ccccc2)cc1. The molecule has 4 heteroatoms. The Hall–Kier alpha value is -3.60. The van der Waals surface area contributed by atoms with Gasteiger partial charge in [-0.25, -0.2) is 0 Å². The molecule has 0 unspecified atom stereocenters. The molecule has 0 aliphatic heterocycles. The molecule has 0 saturated carbocycles. The molecule has 1 N–H and O–H groups in total. The third-order valence-electron chi connectivity index (χ3n) is 4.18.